The molecule has 106 valence electrons. The van der Waals surface area contributed by atoms with E-state index in [4.69, 9.17) is 0 Å². The fourth-order valence-corrected chi connectivity index (χ4v) is 2.66. The van der Waals surface area contributed by atoms with Crippen LogP contribution in [0.2, 0.25) is 0 Å². The Morgan fingerprint density at radius 2 is 2.35 bits per heavy atom. The highest BCUT2D eigenvalue weighted by Crippen LogP contribution is 2.18. The monoisotopic (exact) mass is 273 g/mol. The molecular formula is C14H19N5O. The Morgan fingerprint density at radius 1 is 1.50 bits per heavy atom. The predicted octanol–water partition coefficient (Wildman–Crippen LogP) is 1.36. The van der Waals surface area contributed by atoms with Gasteiger partial charge >= 0.3 is 0 Å². The number of hydrogen-bond acceptors (Lipinski definition) is 4. The zero-order valence-electron chi connectivity index (χ0n) is 11.8. The smallest absolute Gasteiger partial charge is 0.235 e. The number of nitrogens with zero attached hydrogens (tertiary/aromatic N) is 3. The van der Waals surface area contributed by atoms with Crippen molar-refractivity contribution < 1.29 is 4.79 Å². The molecule has 6 heteroatoms. The maximum Gasteiger partial charge on any atom is 0.235 e. The van der Waals surface area contributed by atoms with Crippen LogP contribution in [0.15, 0.2) is 18.3 Å². The summed E-state index contributed by atoms with van der Waals surface area (Å²) in [6, 6.07) is 4.30. The minimum absolute atomic E-state index is 0.0354. The van der Waals surface area contributed by atoms with Crippen molar-refractivity contribution in [3.8, 4) is 0 Å². The van der Waals surface area contributed by atoms with Crippen LogP contribution < -0.4 is 10.6 Å². The van der Waals surface area contributed by atoms with Crippen molar-refractivity contribution in [3.63, 3.8) is 0 Å². The van der Waals surface area contributed by atoms with Crippen molar-refractivity contribution in [3.05, 3.63) is 23.9 Å². The molecule has 0 aromatic carbocycles. The van der Waals surface area contributed by atoms with Gasteiger partial charge in [-0.2, -0.15) is 0 Å². The third-order valence-corrected chi connectivity index (χ3v) is 3.79. The first-order valence-corrected chi connectivity index (χ1v) is 6.99. The molecule has 0 bridgehead atoms. The molecule has 0 saturated carbocycles. The molecule has 2 aromatic heterocycles. The summed E-state index contributed by atoms with van der Waals surface area (Å²) in [5, 5.41) is 14.4. The number of anilines is 1. The summed E-state index contributed by atoms with van der Waals surface area (Å²) in [7, 11) is 0. The molecule has 1 aliphatic rings. The Labute approximate surface area is 117 Å². The number of aryl methyl sites for hydroxylation is 1. The molecule has 3 rings (SSSR count). The second-order valence-corrected chi connectivity index (χ2v) is 5.52. The van der Waals surface area contributed by atoms with Gasteiger partial charge in [-0.3, -0.25) is 14.5 Å². The zero-order valence-corrected chi connectivity index (χ0v) is 11.8. The summed E-state index contributed by atoms with van der Waals surface area (Å²) in [5.41, 5.74) is 1.87. The molecule has 2 atom stereocenters. The first-order chi connectivity index (χ1) is 9.63. The number of aromatic nitrogens is 3. The number of nitrogens with one attached hydrogen (secondary N) is 2. The van der Waals surface area contributed by atoms with E-state index in [1.165, 1.54) is 0 Å². The molecule has 0 spiro atoms. The Morgan fingerprint density at radius 3 is 3.15 bits per heavy atom. The topological polar surface area (TPSA) is 71.3 Å². The van der Waals surface area contributed by atoms with Crippen molar-refractivity contribution in [1.82, 2.24) is 19.9 Å². The normalized spacial score (nSPS) is 22.9. The lowest BCUT2D eigenvalue weighted by Gasteiger charge is -2.26. The molecule has 20 heavy (non-hydrogen) atoms. The highest BCUT2D eigenvalue weighted by atomic mass is 16.2. The van der Waals surface area contributed by atoms with Crippen molar-refractivity contribution in [2.45, 2.75) is 32.7 Å². The van der Waals surface area contributed by atoms with E-state index in [0.29, 0.717) is 12.0 Å². The van der Waals surface area contributed by atoms with Crippen LogP contribution in [0.25, 0.3) is 5.65 Å². The summed E-state index contributed by atoms with van der Waals surface area (Å²) >= 11 is 0. The molecule has 0 radical (unpaired) electrons. The maximum absolute atomic E-state index is 12.3. The van der Waals surface area contributed by atoms with Gasteiger partial charge < -0.3 is 5.32 Å². The van der Waals surface area contributed by atoms with Crippen molar-refractivity contribution >= 4 is 17.5 Å². The first-order valence-electron chi connectivity index (χ1n) is 6.99. The Hall–Kier alpha value is -1.95. The highest BCUT2D eigenvalue weighted by molar-refractivity contribution is 5.91. The van der Waals surface area contributed by atoms with Crippen molar-refractivity contribution in [2.24, 2.45) is 5.92 Å². The molecule has 1 aliphatic heterocycles. The van der Waals surface area contributed by atoms with Gasteiger partial charge in [0.1, 0.15) is 0 Å². The van der Waals surface area contributed by atoms with E-state index < -0.39 is 0 Å². The van der Waals surface area contributed by atoms with Crippen LogP contribution in [-0.4, -0.2) is 33.1 Å². The van der Waals surface area contributed by atoms with Crippen LogP contribution in [0.4, 0.5) is 5.95 Å². The molecule has 6 nitrogen and oxygen atoms in total. The van der Waals surface area contributed by atoms with E-state index in [1.54, 1.807) is 4.40 Å². The predicted molar refractivity (Wildman–Crippen MR) is 76.5 cm³/mol. The Kier molecular flexibility index (Phi) is 3.40. The van der Waals surface area contributed by atoms with Crippen molar-refractivity contribution in [2.75, 3.05) is 11.9 Å². The van der Waals surface area contributed by atoms with Gasteiger partial charge in [0.2, 0.25) is 11.9 Å². The van der Waals surface area contributed by atoms with Crippen molar-refractivity contribution in [1.29, 1.82) is 0 Å². The fourth-order valence-electron chi connectivity index (χ4n) is 2.66. The molecule has 0 unspecified atom stereocenters. The van der Waals surface area contributed by atoms with Crippen LogP contribution in [0.3, 0.4) is 0 Å². The highest BCUT2D eigenvalue weighted by Gasteiger charge is 2.25. The van der Waals surface area contributed by atoms with E-state index >= 15 is 0 Å². The minimum Gasteiger partial charge on any atom is -0.314 e. The van der Waals surface area contributed by atoms with Crippen LogP contribution in [0.5, 0.6) is 0 Å². The second-order valence-electron chi connectivity index (χ2n) is 5.52. The standard InChI is InChI=1S/C14H19N5O/c1-9-4-6-19-12(7-9)17-18-14(19)16-13(20)11-3-5-15-10(2)8-11/h4,6-7,10-11,15H,3,5,8H2,1-2H3,(H,16,18,20)/t10-,11-/m0/s1. The number of carbonyl (C=O) groups excluding carboxylic acids is 1. The first kappa shape index (κ1) is 13.1. The molecule has 2 N–H and O–H groups in total. The van der Waals surface area contributed by atoms with E-state index in [9.17, 15) is 4.79 Å². The van der Waals surface area contributed by atoms with Gasteiger partial charge in [-0.15, -0.1) is 10.2 Å². The SMILES string of the molecule is Cc1ccn2c(NC(=O)[C@H]3CCN[C@@H](C)C3)nnc2c1. The summed E-state index contributed by atoms with van der Waals surface area (Å²) < 4.78 is 1.80. The number of rotatable bonds is 2. The van der Waals surface area contributed by atoms with Gasteiger partial charge in [-0.1, -0.05) is 0 Å². The lowest BCUT2D eigenvalue weighted by molar-refractivity contribution is -0.120. The molecule has 0 aliphatic carbocycles. The molecular weight excluding hydrogens is 254 g/mol. The zero-order chi connectivity index (χ0) is 14.1. The summed E-state index contributed by atoms with van der Waals surface area (Å²) in [6.45, 7) is 5.00. The third kappa shape index (κ3) is 2.51. The van der Waals surface area contributed by atoms with Crippen LogP contribution in [-0.2, 0) is 4.79 Å². The van der Waals surface area contributed by atoms with E-state index in [1.807, 2.05) is 25.3 Å². The number of hydrogen-bond donors (Lipinski definition) is 2. The Bertz CT molecular complexity index is 636. The average molecular weight is 273 g/mol. The van der Waals surface area contributed by atoms with E-state index in [-0.39, 0.29) is 11.8 Å². The molecule has 1 amide bonds. The van der Waals surface area contributed by atoms with Gasteiger partial charge in [0.05, 0.1) is 0 Å². The third-order valence-electron chi connectivity index (χ3n) is 3.79. The summed E-state index contributed by atoms with van der Waals surface area (Å²) in [5.74, 6) is 0.577. The van der Waals surface area contributed by atoms with Crippen LogP contribution >= 0.6 is 0 Å². The van der Waals surface area contributed by atoms with Gasteiger partial charge in [0, 0.05) is 18.2 Å². The molecule has 1 saturated heterocycles. The maximum atomic E-state index is 12.3. The van der Waals surface area contributed by atoms with E-state index in [2.05, 4.69) is 27.8 Å². The number of piperidine rings is 1. The summed E-state index contributed by atoms with van der Waals surface area (Å²) in [4.78, 5) is 12.3. The number of fused-ring (bicyclic) bond motifs is 1. The van der Waals surface area contributed by atoms with Crippen LogP contribution in [0.1, 0.15) is 25.3 Å². The molecule has 1 fully saturated rings. The quantitative estimate of drug-likeness (QED) is 0.867. The number of carbonyl (C=O) groups is 1. The number of amides is 1. The minimum atomic E-state index is 0.0354. The summed E-state index contributed by atoms with van der Waals surface area (Å²) in [6.07, 6.45) is 3.61. The van der Waals surface area contributed by atoms with Gasteiger partial charge in [0.15, 0.2) is 5.65 Å². The van der Waals surface area contributed by atoms with Gasteiger partial charge in [-0.05, 0) is 50.9 Å². The Balaban J connectivity index is 1.77. The average Bonchev–Trinajstić information content (AvgIpc) is 2.81. The fraction of sp³-hybridized carbons (Fsp3) is 0.500. The lowest BCUT2D eigenvalue weighted by Crippen LogP contribution is -2.40. The number of pyridine rings is 1. The molecule has 3 heterocycles. The second kappa shape index (κ2) is 5.20. The largest absolute Gasteiger partial charge is 0.314 e. The van der Waals surface area contributed by atoms with Gasteiger partial charge in [-0.25, -0.2) is 0 Å². The lowest BCUT2D eigenvalue weighted by atomic mass is 9.92. The van der Waals surface area contributed by atoms with E-state index in [0.717, 1.165) is 30.6 Å². The van der Waals surface area contributed by atoms with Gasteiger partial charge in [0.25, 0.3) is 0 Å². The molecule has 2 aromatic rings. The van der Waals surface area contributed by atoms with Crippen LogP contribution in [0, 0.1) is 12.8 Å².